The summed E-state index contributed by atoms with van der Waals surface area (Å²) in [5, 5.41) is 0.986. The van der Waals surface area contributed by atoms with Crippen LogP contribution in [0.1, 0.15) is 6.92 Å². The number of halogens is 1. The van der Waals surface area contributed by atoms with Crippen LogP contribution >= 0.6 is 15.9 Å². The topological polar surface area (TPSA) is 9.23 Å². The minimum Gasteiger partial charge on any atom is -0.493 e. The molecule has 0 aliphatic carbocycles. The van der Waals surface area contributed by atoms with Gasteiger partial charge in [-0.1, -0.05) is 41.1 Å². The fourth-order valence-electron chi connectivity index (χ4n) is 0.800. The number of hydrogen-bond donors (Lipinski definition) is 0. The van der Waals surface area contributed by atoms with Crippen LogP contribution in [-0.4, -0.2) is 11.9 Å². The lowest BCUT2D eigenvalue weighted by Crippen LogP contribution is -2.09. The first-order chi connectivity index (χ1) is 5.83. The summed E-state index contributed by atoms with van der Waals surface area (Å²) < 4.78 is 5.53. The van der Waals surface area contributed by atoms with E-state index in [1.807, 2.05) is 30.3 Å². The molecule has 0 amide bonds. The van der Waals surface area contributed by atoms with Crippen molar-refractivity contribution in [2.24, 2.45) is 5.92 Å². The predicted octanol–water partition coefficient (Wildman–Crippen LogP) is 3.10. The number of alkyl halides is 1. The van der Waals surface area contributed by atoms with Crippen molar-refractivity contribution in [2.75, 3.05) is 11.9 Å². The van der Waals surface area contributed by atoms with Crippen LogP contribution in [-0.2, 0) is 0 Å². The molecule has 12 heavy (non-hydrogen) atoms. The number of ether oxygens (including phenoxy) is 1. The fourth-order valence-corrected chi connectivity index (χ4v) is 0.987. The predicted molar refractivity (Wildman–Crippen MR) is 54.9 cm³/mol. The summed E-state index contributed by atoms with van der Waals surface area (Å²) in [4.78, 5) is 0. The third-order valence-electron chi connectivity index (χ3n) is 1.54. The number of rotatable bonds is 4. The van der Waals surface area contributed by atoms with Gasteiger partial charge in [0.05, 0.1) is 6.61 Å². The van der Waals surface area contributed by atoms with Crippen LogP contribution in [0, 0.1) is 5.92 Å². The zero-order valence-electron chi connectivity index (χ0n) is 7.16. The molecule has 0 radical (unpaired) electrons. The van der Waals surface area contributed by atoms with Gasteiger partial charge in [-0.3, -0.25) is 0 Å². The van der Waals surface area contributed by atoms with E-state index in [4.69, 9.17) is 4.74 Å². The van der Waals surface area contributed by atoms with Gasteiger partial charge < -0.3 is 4.74 Å². The van der Waals surface area contributed by atoms with Crippen LogP contribution in [0.2, 0.25) is 0 Å². The van der Waals surface area contributed by atoms with Gasteiger partial charge in [0.25, 0.3) is 0 Å². The van der Waals surface area contributed by atoms with Gasteiger partial charge in [0, 0.05) is 5.33 Å². The molecule has 1 rings (SSSR count). The lowest BCUT2D eigenvalue weighted by molar-refractivity contribution is 0.274. The molecule has 0 aliphatic heterocycles. The lowest BCUT2D eigenvalue weighted by atomic mass is 10.2. The van der Waals surface area contributed by atoms with Crippen molar-refractivity contribution >= 4 is 15.9 Å². The molecule has 0 aliphatic rings. The summed E-state index contributed by atoms with van der Waals surface area (Å²) in [6.45, 7) is 2.92. The van der Waals surface area contributed by atoms with Crippen LogP contribution in [0.4, 0.5) is 0 Å². The van der Waals surface area contributed by atoms with E-state index < -0.39 is 0 Å². The summed E-state index contributed by atoms with van der Waals surface area (Å²) in [6.07, 6.45) is 0. The standard InChI is InChI=1S/C10H13BrO/c1-9(7-11)8-12-10-5-3-2-4-6-10/h2-6,9H,7-8H2,1H3. The zero-order valence-corrected chi connectivity index (χ0v) is 8.75. The molecular weight excluding hydrogens is 216 g/mol. The Bertz CT molecular complexity index is 210. The molecule has 1 aromatic rings. The van der Waals surface area contributed by atoms with Gasteiger partial charge in [-0.25, -0.2) is 0 Å². The molecule has 0 spiro atoms. The summed E-state index contributed by atoms with van der Waals surface area (Å²) in [5.74, 6) is 1.51. The summed E-state index contributed by atoms with van der Waals surface area (Å²) in [6, 6.07) is 9.89. The Labute approximate surface area is 81.9 Å². The lowest BCUT2D eigenvalue weighted by Gasteiger charge is -2.09. The normalized spacial score (nSPS) is 12.5. The molecule has 0 bridgehead atoms. The van der Waals surface area contributed by atoms with Gasteiger partial charge in [-0.05, 0) is 18.1 Å². The molecule has 0 aromatic heterocycles. The summed E-state index contributed by atoms with van der Waals surface area (Å²) in [5.41, 5.74) is 0. The average molecular weight is 229 g/mol. The quantitative estimate of drug-likeness (QED) is 0.721. The second kappa shape index (κ2) is 5.20. The first-order valence-electron chi connectivity index (χ1n) is 4.06. The molecule has 0 saturated carbocycles. The highest BCUT2D eigenvalue weighted by Crippen LogP contribution is 2.10. The van der Waals surface area contributed by atoms with Gasteiger partial charge in [0.2, 0.25) is 0 Å². The Hall–Kier alpha value is -0.500. The molecule has 0 saturated heterocycles. The van der Waals surface area contributed by atoms with E-state index >= 15 is 0 Å². The van der Waals surface area contributed by atoms with Gasteiger partial charge in [0.1, 0.15) is 5.75 Å². The maximum absolute atomic E-state index is 5.53. The highest BCUT2D eigenvalue weighted by atomic mass is 79.9. The molecule has 2 heteroatoms. The maximum atomic E-state index is 5.53. The van der Waals surface area contributed by atoms with Crippen molar-refractivity contribution in [3.8, 4) is 5.75 Å². The number of benzene rings is 1. The molecule has 1 unspecified atom stereocenters. The molecular formula is C10H13BrO. The van der Waals surface area contributed by atoms with Crippen molar-refractivity contribution in [1.29, 1.82) is 0 Å². The fraction of sp³-hybridized carbons (Fsp3) is 0.400. The molecule has 1 aromatic carbocycles. The average Bonchev–Trinajstić information content (AvgIpc) is 2.16. The van der Waals surface area contributed by atoms with Crippen LogP contribution in [0.5, 0.6) is 5.75 Å². The molecule has 66 valence electrons. The van der Waals surface area contributed by atoms with Crippen molar-refractivity contribution < 1.29 is 4.74 Å². The molecule has 0 heterocycles. The van der Waals surface area contributed by atoms with E-state index in [9.17, 15) is 0 Å². The number of hydrogen-bond acceptors (Lipinski definition) is 1. The Morgan fingerprint density at radius 1 is 1.33 bits per heavy atom. The van der Waals surface area contributed by atoms with Crippen LogP contribution < -0.4 is 4.74 Å². The van der Waals surface area contributed by atoms with E-state index in [-0.39, 0.29) is 0 Å². The van der Waals surface area contributed by atoms with Crippen molar-refractivity contribution in [1.82, 2.24) is 0 Å². The van der Waals surface area contributed by atoms with Gasteiger partial charge in [0.15, 0.2) is 0 Å². The van der Waals surface area contributed by atoms with E-state index in [0.29, 0.717) is 5.92 Å². The van der Waals surface area contributed by atoms with Crippen LogP contribution in [0.15, 0.2) is 30.3 Å². The van der Waals surface area contributed by atoms with Crippen LogP contribution in [0.25, 0.3) is 0 Å². The molecule has 0 fully saturated rings. The molecule has 0 N–H and O–H groups in total. The van der Waals surface area contributed by atoms with E-state index in [2.05, 4.69) is 22.9 Å². The summed E-state index contributed by atoms with van der Waals surface area (Å²) in [7, 11) is 0. The molecule has 1 nitrogen and oxygen atoms in total. The second-order valence-corrected chi connectivity index (χ2v) is 3.53. The van der Waals surface area contributed by atoms with Gasteiger partial charge >= 0.3 is 0 Å². The Kier molecular flexibility index (Phi) is 4.15. The third-order valence-corrected chi connectivity index (χ3v) is 2.65. The zero-order chi connectivity index (χ0) is 8.81. The first-order valence-corrected chi connectivity index (χ1v) is 5.19. The van der Waals surface area contributed by atoms with E-state index in [0.717, 1.165) is 17.7 Å². The van der Waals surface area contributed by atoms with Crippen LogP contribution in [0.3, 0.4) is 0 Å². The van der Waals surface area contributed by atoms with Gasteiger partial charge in [-0.2, -0.15) is 0 Å². The monoisotopic (exact) mass is 228 g/mol. The SMILES string of the molecule is CC(CBr)COc1ccccc1. The largest absolute Gasteiger partial charge is 0.493 e. The minimum atomic E-state index is 0.560. The smallest absolute Gasteiger partial charge is 0.119 e. The van der Waals surface area contributed by atoms with Gasteiger partial charge in [-0.15, -0.1) is 0 Å². The Morgan fingerprint density at radius 2 is 2.00 bits per heavy atom. The Balaban J connectivity index is 2.33. The highest BCUT2D eigenvalue weighted by molar-refractivity contribution is 9.09. The number of para-hydroxylation sites is 1. The summed E-state index contributed by atoms with van der Waals surface area (Å²) >= 11 is 3.41. The molecule has 1 atom stereocenters. The first kappa shape index (κ1) is 9.59. The van der Waals surface area contributed by atoms with Crippen molar-refractivity contribution in [3.63, 3.8) is 0 Å². The second-order valence-electron chi connectivity index (χ2n) is 2.88. The van der Waals surface area contributed by atoms with E-state index in [1.54, 1.807) is 0 Å². The minimum absolute atomic E-state index is 0.560. The van der Waals surface area contributed by atoms with E-state index in [1.165, 1.54) is 0 Å². The third kappa shape index (κ3) is 3.26. The Morgan fingerprint density at radius 3 is 2.58 bits per heavy atom. The van der Waals surface area contributed by atoms with Crippen molar-refractivity contribution in [3.05, 3.63) is 30.3 Å². The van der Waals surface area contributed by atoms with Crippen molar-refractivity contribution in [2.45, 2.75) is 6.92 Å². The highest BCUT2D eigenvalue weighted by Gasteiger charge is 1.99. The maximum Gasteiger partial charge on any atom is 0.119 e.